The van der Waals surface area contributed by atoms with Gasteiger partial charge in [0, 0.05) is 16.9 Å². The van der Waals surface area contributed by atoms with E-state index in [4.69, 9.17) is 16.7 Å². The molecule has 98 valence electrons. The van der Waals surface area contributed by atoms with Gasteiger partial charge in [0.2, 0.25) is 0 Å². The van der Waals surface area contributed by atoms with Crippen LogP contribution in [0.2, 0.25) is 5.02 Å². The van der Waals surface area contributed by atoms with Crippen LogP contribution in [0.15, 0.2) is 18.2 Å². The average molecular weight is 292 g/mol. The minimum atomic E-state index is -1.77. The van der Waals surface area contributed by atoms with Crippen LogP contribution in [0, 0.1) is 10.1 Å². The van der Waals surface area contributed by atoms with Crippen LogP contribution >= 0.6 is 11.6 Å². The molecule has 0 aliphatic heterocycles. The summed E-state index contributed by atoms with van der Waals surface area (Å²) in [5, 5.41) is 18.5. The van der Waals surface area contributed by atoms with E-state index >= 15 is 0 Å². The van der Waals surface area contributed by atoms with Gasteiger partial charge in [-0.15, -0.1) is 0 Å². The highest BCUT2D eigenvalue weighted by molar-refractivity contribution is 7.85. The van der Waals surface area contributed by atoms with Crippen molar-refractivity contribution >= 4 is 34.1 Å². The molecule has 1 aromatic carbocycles. The molecule has 18 heavy (non-hydrogen) atoms. The Bertz CT molecular complexity index is 519. The van der Waals surface area contributed by atoms with Gasteiger partial charge in [-0.2, -0.15) is 0 Å². The zero-order valence-electron chi connectivity index (χ0n) is 9.33. The fraction of sp³-hybridized carbons (Fsp3) is 0.300. The minimum Gasteiger partial charge on any atom is -0.480 e. The van der Waals surface area contributed by atoms with Crippen molar-refractivity contribution in [2.24, 2.45) is 0 Å². The fourth-order valence-electron chi connectivity index (χ4n) is 1.24. The molecule has 2 atom stereocenters. The molecule has 0 amide bonds. The number of nitro benzene ring substituents is 1. The number of halogens is 1. The maximum atomic E-state index is 11.7. The number of rotatable bonds is 5. The van der Waals surface area contributed by atoms with Crippen molar-refractivity contribution in [3.05, 3.63) is 38.9 Å². The van der Waals surface area contributed by atoms with E-state index in [2.05, 4.69) is 0 Å². The zero-order valence-corrected chi connectivity index (χ0v) is 10.9. The fourth-order valence-corrected chi connectivity index (χ4v) is 2.62. The number of nitrogens with zero attached hydrogens (tertiary/aromatic N) is 1. The Morgan fingerprint density at radius 2 is 2.22 bits per heavy atom. The summed E-state index contributed by atoms with van der Waals surface area (Å²) in [6, 6.07) is 4.09. The summed E-state index contributed by atoms with van der Waals surface area (Å²) in [7, 11) is -1.77. The Labute approximate surface area is 110 Å². The molecule has 0 fully saturated rings. The second-order valence-corrected chi connectivity index (χ2v) is 5.66. The predicted octanol–water partition coefficient (Wildman–Crippen LogP) is 1.97. The number of hydrogen-bond acceptors (Lipinski definition) is 4. The number of benzene rings is 1. The molecular formula is C10H10ClNO5S. The maximum Gasteiger partial charge on any atom is 0.318 e. The Morgan fingerprint density at radius 3 is 2.72 bits per heavy atom. The van der Waals surface area contributed by atoms with Gasteiger partial charge in [0.1, 0.15) is 5.25 Å². The molecular weight excluding hydrogens is 282 g/mol. The van der Waals surface area contributed by atoms with E-state index in [0.29, 0.717) is 0 Å². The van der Waals surface area contributed by atoms with E-state index in [1.807, 2.05) is 0 Å². The highest BCUT2D eigenvalue weighted by Crippen LogP contribution is 2.28. The van der Waals surface area contributed by atoms with Crippen LogP contribution < -0.4 is 0 Å². The standard InChI is InChI=1S/C10H10ClNO5S/c1-6(10(13)14)18(17)5-7-8(11)3-2-4-9(7)12(15)16/h2-4,6H,5H2,1H3,(H,13,14). The predicted molar refractivity (Wildman–Crippen MR) is 67.1 cm³/mol. The van der Waals surface area contributed by atoms with Crippen molar-refractivity contribution in [1.29, 1.82) is 0 Å². The smallest absolute Gasteiger partial charge is 0.318 e. The molecule has 1 rings (SSSR count). The van der Waals surface area contributed by atoms with Crippen LogP contribution in [0.3, 0.4) is 0 Å². The van der Waals surface area contributed by atoms with E-state index in [1.165, 1.54) is 25.1 Å². The summed E-state index contributed by atoms with van der Waals surface area (Å²) >= 11 is 5.82. The minimum absolute atomic E-state index is 0.0931. The Balaban J connectivity index is 3.07. The lowest BCUT2D eigenvalue weighted by atomic mass is 10.2. The van der Waals surface area contributed by atoms with Crippen LogP contribution in [-0.2, 0) is 21.3 Å². The molecule has 0 radical (unpaired) electrons. The second-order valence-electron chi connectivity index (χ2n) is 3.50. The molecule has 2 unspecified atom stereocenters. The van der Waals surface area contributed by atoms with Crippen molar-refractivity contribution in [3.63, 3.8) is 0 Å². The highest BCUT2D eigenvalue weighted by Gasteiger charge is 2.24. The van der Waals surface area contributed by atoms with Gasteiger partial charge in [-0.3, -0.25) is 19.1 Å². The largest absolute Gasteiger partial charge is 0.480 e. The van der Waals surface area contributed by atoms with E-state index in [-0.39, 0.29) is 22.0 Å². The first-order chi connectivity index (χ1) is 8.34. The normalized spacial score (nSPS) is 13.9. The van der Waals surface area contributed by atoms with Gasteiger partial charge in [-0.05, 0) is 13.0 Å². The van der Waals surface area contributed by atoms with Gasteiger partial charge >= 0.3 is 5.97 Å². The van der Waals surface area contributed by atoms with Gasteiger partial charge in [-0.1, -0.05) is 17.7 Å². The summed E-state index contributed by atoms with van der Waals surface area (Å²) in [5.74, 6) is -1.48. The first-order valence-corrected chi connectivity index (χ1v) is 6.62. The molecule has 6 nitrogen and oxygen atoms in total. The van der Waals surface area contributed by atoms with Crippen LogP contribution in [0.25, 0.3) is 0 Å². The molecule has 1 aromatic rings. The quantitative estimate of drug-likeness (QED) is 0.660. The van der Waals surface area contributed by atoms with E-state index in [0.717, 1.165) is 0 Å². The number of carbonyl (C=O) groups is 1. The summed E-state index contributed by atoms with van der Waals surface area (Å²) < 4.78 is 11.7. The van der Waals surface area contributed by atoms with Crippen molar-refractivity contribution in [2.45, 2.75) is 17.9 Å². The number of carboxylic acids is 1. The first-order valence-electron chi connectivity index (χ1n) is 4.86. The lowest BCUT2D eigenvalue weighted by Gasteiger charge is -2.08. The molecule has 0 bridgehead atoms. The molecule has 1 N–H and O–H groups in total. The molecule has 0 aliphatic carbocycles. The Morgan fingerprint density at radius 1 is 1.61 bits per heavy atom. The van der Waals surface area contributed by atoms with Crippen molar-refractivity contribution in [3.8, 4) is 0 Å². The number of carboxylic acid groups (broad SMARTS) is 1. The summed E-state index contributed by atoms with van der Waals surface area (Å²) in [5.41, 5.74) is -0.163. The molecule has 0 spiro atoms. The number of nitro groups is 1. The molecule has 8 heteroatoms. The molecule has 0 aliphatic rings. The van der Waals surface area contributed by atoms with Gasteiger partial charge in [0.05, 0.1) is 21.3 Å². The van der Waals surface area contributed by atoms with Crippen molar-refractivity contribution in [1.82, 2.24) is 0 Å². The topological polar surface area (TPSA) is 97.5 Å². The van der Waals surface area contributed by atoms with E-state index in [9.17, 15) is 19.1 Å². The summed E-state index contributed by atoms with van der Waals surface area (Å²) in [6.45, 7) is 1.28. The monoisotopic (exact) mass is 291 g/mol. The summed E-state index contributed by atoms with van der Waals surface area (Å²) in [4.78, 5) is 20.8. The lowest BCUT2D eigenvalue weighted by molar-refractivity contribution is -0.385. The Kier molecular flexibility index (Phi) is 4.80. The third kappa shape index (κ3) is 3.27. The lowest BCUT2D eigenvalue weighted by Crippen LogP contribution is -2.23. The SMILES string of the molecule is CC(C(=O)O)S(=O)Cc1c(Cl)cccc1[N+](=O)[O-]. The molecule has 0 heterocycles. The van der Waals surface area contributed by atoms with Crippen LogP contribution in [0.4, 0.5) is 5.69 Å². The Hall–Kier alpha value is -1.47. The zero-order chi connectivity index (χ0) is 13.9. The van der Waals surface area contributed by atoms with Gasteiger partial charge < -0.3 is 5.11 Å². The molecule has 0 saturated carbocycles. The number of hydrogen-bond donors (Lipinski definition) is 1. The molecule has 0 aromatic heterocycles. The highest BCUT2D eigenvalue weighted by atomic mass is 35.5. The number of aliphatic carboxylic acids is 1. The van der Waals surface area contributed by atoms with E-state index in [1.54, 1.807) is 0 Å². The summed E-state index contributed by atoms with van der Waals surface area (Å²) in [6.07, 6.45) is 0. The second kappa shape index (κ2) is 5.92. The van der Waals surface area contributed by atoms with Gasteiger partial charge in [0.15, 0.2) is 0 Å². The molecule has 0 saturated heterocycles. The maximum absolute atomic E-state index is 11.7. The third-order valence-corrected chi connectivity index (χ3v) is 4.24. The first kappa shape index (κ1) is 14.6. The van der Waals surface area contributed by atoms with Crippen molar-refractivity contribution < 1.29 is 19.0 Å². The van der Waals surface area contributed by atoms with Crippen LogP contribution in [0.1, 0.15) is 12.5 Å². The average Bonchev–Trinajstić information content (AvgIpc) is 2.30. The van der Waals surface area contributed by atoms with Crippen LogP contribution in [-0.4, -0.2) is 25.5 Å². The van der Waals surface area contributed by atoms with E-state index < -0.39 is 26.9 Å². The van der Waals surface area contributed by atoms with Gasteiger partial charge in [0.25, 0.3) is 5.69 Å². The van der Waals surface area contributed by atoms with Gasteiger partial charge in [-0.25, -0.2) is 0 Å². The third-order valence-electron chi connectivity index (χ3n) is 2.32. The van der Waals surface area contributed by atoms with Crippen molar-refractivity contribution in [2.75, 3.05) is 0 Å². The van der Waals surface area contributed by atoms with Crippen LogP contribution in [0.5, 0.6) is 0 Å².